The number of hydrogen-bond acceptors (Lipinski definition) is 2. The molecule has 3 nitrogen and oxygen atoms in total. The van der Waals surface area contributed by atoms with Crippen LogP contribution in [0.5, 0.6) is 0 Å². The van der Waals surface area contributed by atoms with Gasteiger partial charge in [0, 0.05) is 5.39 Å². The van der Waals surface area contributed by atoms with Gasteiger partial charge in [0.25, 0.3) is 10.1 Å². The zero-order chi connectivity index (χ0) is 17.5. The van der Waals surface area contributed by atoms with Gasteiger partial charge in [0.1, 0.15) is 4.90 Å². The lowest BCUT2D eigenvalue weighted by molar-refractivity contribution is 0.484. The van der Waals surface area contributed by atoms with Gasteiger partial charge in [-0.05, 0) is 52.0 Å². The number of benzene rings is 2. The van der Waals surface area contributed by atoms with Crippen LogP contribution >= 0.6 is 0 Å². The first-order valence-corrected chi connectivity index (χ1v) is 9.56. The Hall–Kier alpha value is -1.39. The van der Waals surface area contributed by atoms with E-state index in [2.05, 4.69) is 47.6 Å². The first kappa shape index (κ1) is 18.0. The summed E-state index contributed by atoms with van der Waals surface area (Å²) >= 11 is 0. The molecule has 0 fully saturated rings. The Kier molecular flexibility index (Phi) is 4.88. The van der Waals surface area contributed by atoms with Crippen molar-refractivity contribution in [3.8, 4) is 0 Å². The van der Waals surface area contributed by atoms with Crippen LogP contribution < -0.4 is 0 Å². The monoisotopic (exact) mass is 334 g/mol. The average Bonchev–Trinajstić information content (AvgIpc) is 2.42. The standard InChI is InChI=1S/C19H26O3S/c1-11(2)14-7-8-19(23(20,21)22)18-10-16(13(5)6)15(12(3)4)9-17(14)18/h7-13H,1-6H3,(H,20,21,22). The fourth-order valence-corrected chi connectivity index (χ4v) is 3.84. The molecule has 0 unspecified atom stereocenters. The Morgan fingerprint density at radius 1 is 0.739 bits per heavy atom. The van der Waals surface area contributed by atoms with Gasteiger partial charge in [-0.15, -0.1) is 0 Å². The molecule has 1 N–H and O–H groups in total. The molecule has 0 radical (unpaired) electrons. The molecule has 2 rings (SSSR count). The molecule has 0 aliphatic heterocycles. The molecule has 0 atom stereocenters. The van der Waals surface area contributed by atoms with Crippen molar-refractivity contribution in [2.24, 2.45) is 0 Å². The van der Waals surface area contributed by atoms with E-state index in [1.807, 2.05) is 12.1 Å². The van der Waals surface area contributed by atoms with Crippen molar-refractivity contribution in [1.82, 2.24) is 0 Å². The van der Waals surface area contributed by atoms with E-state index in [9.17, 15) is 13.0 Å². The molecular formula is C19H26O3S. The van der Waals surface area contributed by atoms with Crippen LogP contribution in [0.4, 0.5) is 0 Å². The summed E-state index contributed by atoms with van der Waals surface area (Å²) in [6.45, 7) is 12.7. The highest BCUT2D eigenvalue weighted by Crippen LogP contribution is 2.36. The van der Waals surface area contributed by atoms with Crippen molar-refractivity contribution >= 4 is 20.9 Å². The molecule has 2 aromatic rings. The maximum absolute atomic E-state index is 11.8. The minimum atomic E-state index is -4.25. The lowest BCUT2D eigenvalue weighted by Crippen LogP contribution is -2.05. The van der Waals surface area contributed by atoms with E-state index >= 15 is 0 Å². The first-order valence-electron chi connectivity index (χ1n) is 8.12. The zero-order valence-electron chi connectivity index (χ0n) is 14.7. The van der Waals surface area contributed by atoms with Crippen LogP contribution in [0.15, 0.2) is 29.2 Å². The number of hydrogen-bond donors (Lipinski definition) is 1. The van der Waals surface area contributed by atoms with Crippen LogP contribution in [0.2, 0.25) is 0 Å². The molecule has 126 valence electrons. The van der Waals surface area contributed by atoms with E-state index < -0.39 is 10.1 Å². The summed E-state index contributed by atoms with van der Waals surface area (Å²) < 4.78 is 33.2. The molecule has 2 aromatic carbocycles. The predicted molar refractivity (Wildman–Crippen MR) is 96.0 cm³/mol. The molecule has 23 heavy (non-hydrogen) atoms. The quantitative estimate of drug-likeness (QED) is 0.756. The number of fused-ring (bicyclic) bond motifs is 1. The maximum atomic E-state index is 11.8. The normalized spacial score (nSPS) is 12.8. The van der Waals surface area contributed by atoms with E-state index in [4.69, 9.17) is 0 Å². The van der Waals surface area contributed by atoms with Crippen LogP contribution in [0.1, 0.15) is 76.0 Å². The number of rotatable bonds is 4. The van der Waals surface area contributed by atoms with Crippen LogP contribution in [-0.2, 0) is 10.1 Å². The summed E-state index contributed by atoms with van der Waals surface area (Å²) in [4.78, 5) is -0.00546. The Labute approximate surface area is 139 Å². The van der Waals surface area contributed by atoms with Crippen molar-refractivity contribution in [2.75, 3.05) is 0 Å². The molecule has 0 saturated heterocycles. The van der Waals surface area contributed by atoms with E-state index in [0.717, 1.165) is 16.5 Å². The third-order valence-corrected chi connectivity index (χ3v) is 5.27. The molecular weight excluding hydrogens is 308 g/mol. The highest BCUT2D eigenvalue weighted by molar-refractivity contribution is 7.86. The third kappa shape index (κ3) is 3.43. The SMILES string of the molecule is CC(C)c1cc2c(C(C)C)ccc(S(=O)(=O)O)c2cc1C(C)C. The molecule has 0 saturated carbocycles. The summed E-state index contributed by atoms with van der Waals surface area (Å²) in [5.74, 6) is 0.915. The van der Waals surface area contributed by atoms with Gasteiger partial charge in [0.2, 0.25) is 0 Å². The topological polar surface area (TPSA) is 54.4 Å². The van der Waals surface area contributed by atoms with E-state index in [1.165, 1.54) is 11.6 Å². The molecule has 0 aromatic heterocycles. The fraction of sp³-hybridized carbons (Fsp3) is 0.474. The molecule has 0 heterocycles. The van der Waals surface area contributed by atoms with Gasteiger partial charge in [0.15, 0.2) is 0 Å². The first-order chi connectivity index (χ1) is 10.5. The molecule has 0 aliphatic rings. The summed E-state index contributed by atoms with van der Waals surface area (Å²) in [6.07, 6.45) is 0. The smallest absolute Gasteiger partial charge is 0.282 e. The van der Waals surface area contributed by atoms with Crippen LogP contribution in [0.25, 0.3) is 10.8 Å². The van der Waals surface area contributed by atoms with E-state index in [-0.39, 0.29) is 16.7 Å². The second kappa shape index (κ2) is 6.25. The van der Waals surface area contributed by atoms with E-state index in [1.54, 1.807) is 0 Å². The Morgan fingerprint density at radius 2 is 1.17 bits per heavy atom. The van der Waals surface area contributed by atoms with Crippen molar-refractivity contribution in [3.05, 3.63) is 41.0 Å². The van der Waals surface area contributed by atoms with Gasteiger partial charge < -0.3 is 0 Å². The predicted octanol–water partition coefficient (Wildman–Crippen LogP) is 5.46. The van der Waals surface area contributed by atoms with Crippen molar-refractivity contribution in [2.45, 2.75) is 64.2 Å². The minimum absolute atomic E-state index is 0.00546. The van der Waals surface area contributed by atoms with Crippen LogP contribution in [0, 0.1) is 0 Å². The molecule has 0 aliphatic carbocycles. The summed E-state index contributed by atoms with van der Waals surface area (Å²) in [7, 11) is -4.25. The van der Waals surface area contributed by atoms with Gasteiger partial charge in [-0.3, -0.25) is 4.55 Å². The lowest BCUT2D eigenvalue weighted by Gasteiger charge is -2.20. The molecule has 4 heteroatoms. The average molecular weight is 334 g/mol. The summed E-state index contributed by atoms with van der Waals surface area (Å²) in [6, 6.07) is 7.39. The zero-order valence-corrected chi connectivity index (χ0v) is 15.5. The minimum Gasteiger partial charge on any atom is -0.282 e. The maximum Gasteiger partial charge on any atom is 0.295 e. The van der Waals surface area contributed by atoms with E-state index in [0.29, 0.717) is 11.3 Å². The highest BCUT2D eigenvalue weighted by Gasteiger charge is 2.20. The Balaban J connectivity index is 3.01. The van der Waals surface area contributed by atoms with Gasteiger partial charge in [-0.2, -0.15) is 8.42 Å². The third-order valence-electron chi connectivity index (χ3n) is 4.36. The largest absolute Gasteiger partial charge is 0.295 e. The molecule has 0 amide bonds. The van der Waals surface area contributed by atoms with Crippen molar-refractivity contribution in [3.63, 3.8) is 0 Å². The van der Waals surface area contributed by atoms with Crippen LogP contribution in [-0.4, -0.2) is 13.0 Å². The Bertz CT molecular complexity index is 831. The summed E-state index contributed by atoms with van der Waals surface area (Å²) in [5, 5.41) is 1.54. The Morgan fingerprint density at radius 3 is 1.57 bits per heavy atom. The van der Waals surface area contributed by atoms with Gasteiger partial charge in [-0.25, -0.2) is 0 Å². The molecule has 0 bridgehead atoms. The van der Waals surface area contributed by atoms with Gasteiger partial charge >= 0.3 is 0 Å². The second-order valence-corrected chi connectivity index (χ2v) is 8.51. The van der Waals surface area contributed by atoms with Crippen LogP contribution in [0.3, 0.4) is 0 Å². The molecule has 0 spiro atoms. The highest BCUT2D eigenvalue weighted by atomic mass is 32.2. The lowest BCUT2D eigenvalue weighted by atomic mass is 9.85. The second-order valence-electron chi connectivity index (χ2n) is 7.12. The van der Waals surface area contributed by atoms with Gasteiger partial charge in [-0.1, -0.05) is 53.7 Å². The van der Waals surface area contributed by atoms with Crippen molar-refractivity contribution in [1.29, 1.82) is 0 Å². The van der Waals surface area contributed by atoms with Gasteiger partial charge in [0.05, 0.1) is 0 Å². The van der Waals surface area contributed by atoms with Crippen molar-refractivity contribution < 1.29 is 13.0 Å². The fourth-order valence-electron chi connectivity index (χ4n) is 3.15. The summed E-state index contributed by atoms with van der Waals surface area (Å²) in [5.41, 5.74) is 3.48.